The standard InChI is InChI=1S/C12H16ClFN2O/c1-12(2)10(5-11(12)17)16-9-3-6(13)7(14)4-8(9)15/h3-4,10-11,16-17H,5,15H2,1-2H3. The minimum Gasteiger partial charge on any atom is -0.397 e. The first-order valence-corrected chi connectivity index (χ1v) is 5.89. The van der Waals surface area contributed by atoms with Crippen molar-refractivity contribution in [1.29, 1.82) is 0 Å². The topological polar surface area (TPSA) is 58.3 Å². The van der Waals surface area contributed by atoms with Crippen LogP contribution in [0.2, 0.25) is 5.02 Å². The molecule has 1 aliphatic rings. The van der Waals surface area contributed by atoms with E-state index in [9.17, 15) is 9.50 Å². The van der Waals surface area contributed by atoms with E-state index in [2.05, 4.69) is 5.32 Å². The molecule has 2 rings (SSSR count). The molecule has 2 atom stereocenters. The molecule has 2 unspecified atom stereocenters. The Morgan fingerprint density at radius 3 is 2.71 bits per heavy atom. The Balaban J connectivity index is 2.18. The molecule has 0 spiro atoms. The van der Waals surface area contributed by atoms with Gasteiger partial charge in [-0.1, -0.05) is 25.4 Å². The maximum Gasteiger partial charge on any atom is 0.143 e. The minimum atomic E-state index is -0.525. The van der Waals surface area contributed by atoms with Crippen LogP contribution in [0.1, 0.15) is 20.3 Å². The Morgan fingerprint density at radius 1 is 1.53 bits per heavy atom. The maximum absolute atomic E-state index is 13.1. The van der Waals surface area contributed by atoms with Gasteiger partial charge in [-0.05, 0) is 12.5 Å². The molecule has 1 aromatic carbocycles. The number of nitrogen functional groups attached to an aromatic ring is 1. The number of aliphatic hydroxyl groups excluding tert-OH is 1. The number of benzene rings is 1. The predicted octanol–water partition coefficient (Wildman–Crippen LogP) is 2.63. The molecule has 1 saturated carbocycles. The van der Waals surface area contributed by atoms with E-state index in [0.717, 1.165) is 0 Å². The largest absolute Gasteiger partial charge is 0.397 e. The second-order valence-electron chi connectivity index (χ2n) is 5.12. The van der Waals surface area contributed by atoms with E-state index in [4.69, 9.17) is 17.3 Å². The summed E-state index contributed by atoms with van der Waals surface area (Å²) in [5.41, 5.74) is 6.44. The summed E-state index contributed by atoms with van der Waals surface area (Å²) in [5.74, 6) is -0.525. The van der Waals surface area contributed by atoms with E-state index in [1.165, 1.54) is 12.1 Å². The molecule has 5 heteroatoms. The second-order valence-corrected chi connectivity index (χ2v) is 5.53. The van der Waals surface area contributed by atoms with E-state index < -0.39 is 5.82 Å². The van der Waals surface area contributed by atoms with Crippen molar-refractivity contribution in [3.8, 4) is 0 Å². The van der Waals surface area contributed by atoms with Crippen molar-refractivity contribution in [2.45, 2.75) is 32.4 Å². The number of hydrogen-bond acceptors (Lipinski definition) is 3. The van der Waals surface area contributed by atoms with E-state index in [1.807, 2.05) is 13.8 Å². The molecule has 0 radical (unpaired) electrons. The summed E-state index contributed by atoms with van der Waals surface area (Å²) in [7, 11) is 0. The van der Waals surface area contributed by atoms with E-state index in [1.54, 1.807) is 0 Å². The van der Waals surface area contributed by atoms with Gasteiger partial charge in [0, 0.05) is 17.5 Å². The van der Waals surface area contributed by atoms with Gasteiger partial charge >= 0.3 is 0 Å². The highest BCUT2D eigenvalue weighted by Gasteiger charge is 2.47. The minimum absolute atomic E-state index is 0.0411. The third kappa shape index (κ3) is 2.07. The van der Waals surface area contributed by atoms with Crippen LogP contribution >= 0.6 is 11.6 Å². The fourth-order valence-corrected chi connectivity index (χ4v) is 2.19. The number of aliphatic hydroxyl groups is 1. The number of rotatable bonds is 2. The molecular weight excluding hydrogens is 243 g/mol. The Labute approximate surface area is 105 Å². The van der Waals surface area contributed by atoms with Crippen LogP contribution in [0.4, 0.5) is 15.8 Å². The summed E-state index contributed by atoms with van der Waals surface area (Å²) in [6, 6.07) is 2.79. The van der Waals surface area contributed by atoms with Crippen LogP contribution in [0.5, 0.6) is 0 Å². The van der Waals surface area contributed by atoms with Crippen LogP contribution in [0.3, 0.4) is 0 Å². The van der Waals surface area contributed by atoms with Crippen LogP contribution in [0.25, 0.3) is 0 Å². The molecule has 0 aromatic heterocycles. The van der Waals surface area contributed by atoms with Crippen LogP contribution in [0, 0.1) is 11.2 Å². The molecule has 17 heavy (non-hydrogen) atoms. The lowest BCUT2D eigenvalue weighted by Crippen LogP contribution is -2.56. The van der Waals surface area contributed by atoms with Crippen molar-refractivity contribution < 1.29 is 9.50 Å². The molecule has 1 fully saturated rings. The molecule has 1 aliphatic carbocycles. The van der Waals surface area contributed by atoms with Gasteiger partial charge in [-0.25, -0.2) is 4.39 Å². The van der Waals surface area contributed by atoms with Gasteiger partial charge in [0.15, 0.2) is 0 Å². The quantitative estimate of drug-likeness (QED) is 0.715. The molecule has 0 bridgehead atoms. The SMILES string of the molecule is CC1(C)C(O)CC1Nc1cc(Cl)c(F)cc1N. The highest BCUT2D eigenvalue weighted by Crippen LogP contribution is 2.43. The Bertz CT molecular complexity index is 450. The fraction of sp³-hybridized carbons (Fsp3) is 0.500. The molecule has 4 N–H and O–H groups in total. The summed E-state index contributed by atoms with van der Waals surface area (Å²) in [6.45, 7) is 3.94. The van der Waals surface area contributed by atoms with Crippen LogP contribution in [-0.2, 0) is 0 Å². The van der Waals surface area contributed by atoms with Crippen molar-refractivity contribution in [1.82, 2.24) is 0 Å². The summed E-state index contributed by atoms with van der Waals surface area (Å²) in [5, 5.41) is 12.9. The lowest BCUT2D eigenvalue weighted by atomic mass is 9.64. The average Bonchev–Trinajstić information content (AvgIpc) is 2.25. The van der Waals surface area contributed by atoms with Crippen LogP contribution < -0.4 is 11.1 Å². The van der Waals surface area contributed by atoms with Crippen LogP contribution in [-0.4, -0.2) is 17.3 Å². The number of nitrogens with one attached hydrogen (secondary N) is 1. The van der Waals surface area contributed by atoms with Crippen molar-refractivity contribution in [3.05, 3.63) is 23.0 Å². The lowest BCUT2D eigenvalue weighted by Gasteiger charge is -2.50. The first kappa shape index (κ1) is 12.5. The van der Waals surface area contributed by atoms with E-state index in [-0.39, 0.29) is 22.6 Å². The van der Waals surface area contributed by atoms with Gasteiger partial charge in [0.1, 0.15) is 5.82 Å². The van der Waals surface area contributed by atoms with E-state index >= 15 is 0 Å². The fourth-order valence-electron chi connectivity index (χ4n) is 2.02. The Kier molecular flexibility index (Phi) is 2.96. The molecule has 1 aromatic rings. The highest BCUT2D eigenvalue weighted by atomic mass is 35.5. The number of hydrogen-bond donors (Lipinski definition) is 3. The van der Waals surface area contributed by atoms with Gasteiger partial charge in [-0.15, -0.1) is 0 Å². The number of halogens is 2. The predicted molar refractivity (Wildman–Crippen MR) is 67.6 cm³/mol. The Hall–Kier alpha value is -1.00. The Morgan fingerprint density at radius 2 is 2.18 bits per heavy atom. The van der Waals surface area contributed by atoms with Gasteiger partial charge in [-0.3, -0.25) is 0 Å². The number of nitrogens with two attached hydrogens (primary N) is 1. The van der Waals surface area contributed by atoms with Gasteiger partial charge in [0.25, 0.3) is 0 Å². The molecule has 0 heterocycles. The zero-order chi connectivity index (χ0) is 12.8. The van der Waals surface area contributed by atoms with Gasteiger partial charge in [0.05, 0.1) is 22.5 Å². The number of anilines is 2. The van der Waals surface area contributed by atoms with Crippen molar-refractivity contribution in [3.63, 3.8) is 0 Å². The molecule has 3 nitrogen and oxygen atoms in total. The van der Waals surface area contributed by atoms with Gasteiger partial charge in [-0.2, -0.15) is 0 Å². The zero-order valence-electron chi connectivity index (χ0n) is 9.80. The first-order valence-electron chi connectivity index (χ1n) is 5.51. The molecule has 0 amide bonds. The molecule has 0 aliphatic heterocycles. The third-order valence-electron chi connectivity index (χ3n) is 3.64. The monoisotopic (exact) mass is 258 g/mol. The molecule has 0 saturated heterocycles. The maximum atomic E-state index is 13.1. The zero-order valence-corrected chi connectivity index (χ0v) is 10.6. The average molecular weight is 259 g/mol. The summed E-state index contributed by atoms with van der Waals surface area (Å²) in [4.78, 5) is 0. The summed E-state index contributed by atoms with van der Waals surface area (Å²) in [6.07, 6.45) is 0.332. The smallest absolute Gasteiger partial charge is 0.143 e. The van der Waals surface area contributed by atoms with E-state index in [0.29, 0.717) is 17.8 Å². The van der Waals surface area contributed by atoms with Crippen LogP contribution in [0.15, 0.2) is 12.1 Å². The van der Waals surface area contributed by atoms with Gasteiger partial charge < -0.3 is 16.2 Å². The third-order valence-corrected chi connectivity index (χ3v) is 3.93. The highest BCUT2D eigenvalue weighted by molar-refractivity contribution is 6.31. The van der Waals surface area contributed by atoms with Crippen molar-refractivity contribution >= 4 is 23.0 Å². The second kappa shape index (κ2) is 4.03. The molecular formula is C12H16ClFN2O. The summed E-state index contributed by atoms with van der Waals surface area (Å²) >= 11 is 5.71. The normalized spacial score (nSPS) is 26.4. The van der Waals surface area contributed by atoms with Gasteiger partial charge in [0.2, 0.25) is 0 Å². The first-order chi connectivity index (χ1) is 7.82. The molecule has 94 valence electrons. The lowest BCUT2D eigenvalue weighted by molar-refractivity contribution is -0.0510. The van der Waals surface area contributed by atoms with Crippen molar-refractivity contribution in [2.24, 2.45) is 5.41 Å². The summed E-state index contributed by atoms with van der Waals surface area (Å²) < 4.78 is 13.1. The van der Waals surface area contributed by atoms with Crippen molar-refractivity contribution in [2.75, 3.05) is 11.1 Å².